The van der Waals surface area contributed by atoms with Crippen LogP contribution in [0.2, 0.25) is 0 Å². The molecule has 32 heavy (non-hydrogen) atoms. The lowest BCUT2D eigenvalue weighted by Gasteiger charge is -2.26. The molecule has 0 bridgehead atoms. The number of nitrogens with zero attached hydrogens (tertiary/aromatic N) is 3. The van der Waals surface area contributed by atoms with Gasteiger partial charge in [-0.05, 0) is 42.3 Å². The minimum absolute atomic E-state index is 0.0251. The Morgan fingerprint density at radius 2 is 1.88 bits per heavy atom. The molecule has 170 valence electrons. The van der Waals surface area contributed by atoms with Crippen molar-refractivity contribution in [3.63, 3.8) is 0 Å². The molecular weight excluding hydrogens is 423 g/mol. The van der Waals surface area contributed by atoms with Gasteiger partial charge < -0.3 is 14.7 Å². The van der Waals surface area contributed by atoms with E-state index in [1.54, 1.807) is 13.2 Å². The molecule has 0 aliphatic rings. The molecule has 0 saturated carbocycles. The van der Waals surface area contributed by atoms with Crippen molar-refractivity contribution in [3.05, 3.63) is 83.2 Å². The molecule has 1 amide bonds. The van der Waals surface area contributed by atoms with E-state index in [1.165, 1.54) is 27.9 Å². The van der Waals surface area contributed by atoms with Crippen molar-refractivity contribution in [1.82, 2.24) is 14.7 Å². The Morgan fingerprint density at radius 1 is 1.19 bits per heavy atom. The van der Waals surface area contributed by atoms with E-state index in [0.717, 1.165) is 23.3 Å². The molecule has 1 aromatic heterocycles. The highest BCUT2D eigenvalue weighted by atomic mass is 19.4. The van der Waals surface area contributed by atoms with E-state index < -0.39 is 17.8 Å². The number of aryl methyl sites for hydroxylation is 2. The van der Waals surface area contributed by atoms with Crippen molar-refractivity contribution in [2.75, 3.05) is 13.2 Å². The predicted octanol–water partition coefficient (Wildman–Crippen LogP) is 3.83. The highest BCUT2D eigenvalue weighted by Gasteiger charge is 2.30. The van der Waals surface area contributed by atoms with Gasteiger partial charge in [0.15, 0.2) is 0 Å². The van der Waals surface area contributed by atoms with Gasteiger partial charge in [-0.3, -0.25) is 9.48 Å². The number of alkyl halides is 3. The van der Waals surface area contributed by atoms with Crippen LogP contribution in [0.25, 0.3) is 0 Å². The van der Waals surface area contributed by atoms with Gasteiger partial charge in [-0.1, -0.05) is 24.3 Å². The van der Waals surface area contributed by atoms with Crippen LogP contribution in [0.4, 0.5) is 13.2 Å². The third-order valence-corrected chi connectivity index (χ3v) is 4.92. The molecule has 2 aromatic carbocycles. The topological polar surface area (TPSA) is 67.6 Å². The number of hydrogen-bond acceptors (Lipinski definition) is 4. The average Bonchev–Trinajstić information content (AvgIpc) is 3.18. The zero-order chi connectivity index (χ0) is 23.3. The van der Waals surface area contributed by atoms with Gasteiger partial charge >= 0.3 is 6.18 Å². The number of ether oxygens (including phenoxy) is 1. The standard InChI is InChI=1S/C23H24F3N3O3/c1-16-5-3-4-6-17(16)13-29(22(31)18-11-27-28(2)12-18)14-20(30)15-32-21-9-7-19(8-10-21)23(24,25)26/h3-12,20,30H,13-15H2,1-2H3. The van der Waals surface area contributed by atoms with Crippen LogP contribution < -0.4 is 4.74 Å². The van der Waals surface area contributed by atoms with Gasteiger partial charge in [-0.25, -0.2) is 0 Å². The second-order valence-electron chi connectivity index (χ2n) is 7.50. The second-order valence-corrected chi connectivity index (χ2v) is 7.50. The third-order valence-electron chi connectivity index (χ3n) is 4.92. The van der Waals surface area contributed by atoms with E-state index in [9.17, 15) is 23.1 Å². The average molecular weight is 447 g/mol. The zero-order valence-electron chi connectivity index (χ0n) is 17.7. The van der Waals surface area contributed by atoms with Crippen molar-refractivity contribution in [3.8, 4) is 5.75 Å². The normalized spacial score (nSPS) is 12.4. The monoisotopic (exact) mass is 447 g/mol. The van der Waals surface area contributed by atoms with Crippen molar-refractivity contribution < 1.29 is 27.8 Å². The number of carbonyl (C=O) groups is 1. The Hall–Kier alpha value is -3.33. The molecule has 0 fully saturated rings. The Bertz CT molecular complexity index is 1050. The number of amides is 1. The maximum absolute atomic E-state index is 13.0. The van der Waals surface area contributed by atoms with Crippen LogP contribution in [-0.2, 0) is 19.8 Å². The Balaban J connectivity index is 1.68. The first kappa shape index (κ1) is 23.3. The SMILES string of the molecule is Cc1ccccc1CN(CC(O)COc1ccc(C(F)(F)F)cc1)C(=O)c1cnn(C)c1. The summed E-state index contributed by atoms with van der Waals surface area (Å²) in [4.78, 5) is 14.5. The number of rotatable bonds is 8. The highest BCUT2D eigenvalue weighted by Crippen LogP contribution is 2.30. The maximum atomic E-state index is 13.0. The van der Waals surface area contributed by atoms with E-state index in [1.807, 2.05) is 31.2 Å². The van der Waals surface area contributed by atoms with Crippen LogP contribution in [0.15, 0.2) is 60.9 Å². The van der Waals surface area contributed by atoms with Gasteiger partial charge in [0, 0.05) is 19.8 Å². The van der Waals surface area contributed by atoms with E-state index in [0.29, 0.717) is 5.56 Å². The molecule has 3 rings (SSSR count). The molecule has 1 heterocycles. The molecule has 1 atom stereocenters. The molecule has 3 aromatic rings. The number of aliphatic hydroxyl groups excluding tert-OH is 1. The fourth-order valence-electron chi connectivity index (χ4n) is 3.17. The van der Waals surface area contributed by atoms with Gasteiger partial charge in [0.1, 0.15) is 18.5 Å². The molecule has 1 N–H and O–H groups in total. The number of hydrogen-bond donors (Lipinski definition) is 1. The van der Waals surface area contributed by atoms with Gasteiger partial charge in [0.25, 0.3) is 5.91 Å². The lowest BCUT2D eigenvalue weighted by atomic mass is 10.1. The quantitative estimate of drug-likeness (QED) is 0.570. The number of halogens is 3. The van der Waals surface area contributed by atoms with Gasteiger partial charge in [0.2, 0.25) is 0 Å². The second kappa shape index (κ2) is 9.86. The first-order valence-corrected chi connectivity index (χ1v) is 9.94. The van der Waals surface area contributed by atoms with E-state index in [2.05, 4.69) is 5.10 Å². The smallest absolute Gasteiger partial charge is 0.416 e. The molecule has 0 radical (unpaired) electrons. The van der Waals surface area contributed by atoms with Crippen LogP contribution in [0, 0.1) is 6.92 Å². The van der Waals surface area contributed by atoms with Crippen molar-refractivity contribution in [1.29, 1.82) is 0 Å². The van der Waals surface area contributed by atoms with E-state index in [-0.39, 0.29) is 31.4 Å². The minimum atomic E-state index is -4.43. The first-order chi connectivity index (χ1) is 15.1. The first-order valence-electron chi connectivity index (χ1n) is 9.94. The van der Waals surface area contributed by atoms with E-state index in [4.69, 9.17) is 4.74 Å². The molecule has 1 unspecified atom stereocenters. The predicted molar refractivity (Wildman–Crippen MR) is 112 cm³/mol. The van der Waals surface area contributed by atoms with Crippen molar-refractivity contribution >= 4 is 5.91 Å². The van der Waals surface area contributed by atoms with Crippen LogP contribution in [-0.4, -0.2) is 44.9 Å². The summed E-state index contributed by atoms with van der Waals surface area (Å²) in [5.41, 5.74) is 1.54. The summed E-state index contributed by atoms with van der Waals surface area (Å²) in [5.74, 6) is -0.101. The third kappa shape index (κ3) is 6.10. The number of carbonyl (C=O) groups excluding carboxylic acids is 1. The number of aliphatic hydroxyl groups is 1. The molecule has 0 saturated heterocycles. The summed E-state index contributed by atoms with van der Waals surface area (Å²) in [6, 6.07) is 11.8. The van der Waals surface area contributed by atoms with Crippen LogP contribution in [0.5, 0.6) is 5.75 Å². The summed E-state index contributed by atoms with van der Waals surface area (Å²) in [5, 5.41) is 14.5. The zero-order valence-corrected chi connectivity index (χ0v) is 17.7. The molecule has 0 spiro atoms. The summed E-state index contributed by atoms with van der Waals surface area (Å²) in [7, 11) is 1.70. The summed E-state index contributed by atoms with van der Waals surface area (Å²) >= 11 is 0. The maximum Gasteiger partial charge on any atom is 0.416 e. The van der Waals surface area contributed by atoms with E-state index >= 15 is 0 Å². The lowest BCUT2D eigenvalue weighted by Crippen LogP contribution is -2.39. The number of aromatic nitrogens is 2. The molecule has 0 aliphatic carbocycles. The summed E-state index contributed by atoms with van der Waals surface area (Å²) in [6.45, 7) is 2.00. The molecule has 9 heteroatoms. The highest BCUT2D eigenvalue weighted by molar-refractivity contribution is 5.93. The summed E-state index contributed by atoms with van der Waals surface area (Å²) < 4.78 is 45.0. The Labute approximate surface area is 183 Å². The van der Waals surface area contributed by atoms with Crippen LogP contribution >= 0.6 is 0 Å². The van der Waals surface area contributed by atoms with Crippen molar-refractivity contribution in [2.45, 2.75) is 25.7 Å². The van der Waals surface area contributed by atoms with Crippen LogP contribution in [0.1, 0.15) is 27.0 Å². The lowest BCUT2D eigenvalue weighted by molar-refractivity contribution is -0.137. The van der Waals surface area contributed by atoms with Gasteiger partial charge in [0.05, 0.1) is 23.9 Å². The largest absolute Gasteiger partial charge is 0.491 e. The van der Waals surface area contributed by atoms with Gasteiger partial charge in [-0.2, -0.15) is 18.3 Å². The fourth-order valence-corrected chi connectivity index (χ4v) is 3.17. The minimum Gasteiger partial charge on any atom is -0.491 e. The molecule has 0 aliphatic heterocycles. The van der Waals surface area contributed by atoms with Crippen molar-refractivity contribution in [2.24, 2.45) is 7.05 Å². The number of benzene rings is 2. The molecule has 6 nitrogen and oxygen atoms in total. The fraction of sp³-hybridized carbons (Fsp3) is 0.304. The molecular formula is C23H24F3N3O3. The Kier molecular flexibility index (Phi) is 7.19. The van der Waals surface area contributed by atoms with Gasteiger partial charge in [-0.15, -0.1) is 0 Å². The summed E-state index contributed by atoms with van der Waals surface area (Å²) in [6.07, 6.45) is -2.43. The Morgan fingerprint density at radius 3 is 2.47 bits per heavy atom. The van der Waals surface area contributed by atoms with Crippen LogP contribution in [0.3, 0.4) is 0 Å².